The molecule has 0 aliphatic carbocycles. The van der Waals surface area contributed by atoms with Crippen LogP contribution in [0.3, 0.4) is 0 Å². The quantitative estimate of drug-likeness (QED) is 0.442. The molecule has 2 N–H and O–H groups in total. The summed E-state index contributed by atoms with van der Waals surface area (Å²) in [6, 6.07) is 15.3. The summed E-state index contributed by atoms with van der Waals surface area (Å²) in [5, 5.41) is 16.2. The van der Waals surface area contributed by atoms with Crippen molar-refractivity contribution in [3.63, 3.8) is 0 Å². The van der Waals surface area contributed by atoms with E-state index in [0.717, 1.165) is 5.75 Å². The fraction of sp³-hybridized carbons (Fsp3) is 0.188. The number of anilines is 1. The molecule has 0 aliphatic rings. The highest BCUT2D eigenvalue weighted by Gasteiger charge is 2.06. The Hall–Kier alpha value is -3.09. The van der Waals surface area contributed by atoms with Crippen LogP contribution in [0.5, 0.6) is 5.75 Å². The molecule has 2 aromatic rings. The Kier molecular flexibility index (Phi) is 5.93. The molecule has 0 saturated heterocycles. The van der Waals surface area contributed by atoms with E-state index in [0.29, 0.717) is 18.8 Å². The van der Waals surface area contributed by atoms with Gasteiger partial charge in [-0.15, -0.1) is 0 Å². The van der Waals surface area contributed by atoms with Crippen molar-refractivity contribution in [2.24, 2.45) is 0 Å². The maximum atomic E-state index is 11.7. The van der Waals surface area contributed by atoms with E-state index in [2.05, 4.69) is 10.6 Å². The molecular formula is C16H17N3O4. The number of ether oxygens (including phenoxy) is 1. The normalized spacial score (nSPS) is 9.91. The van der Waals surface area contributed by atoms with Crippen LogP contribution >= 0.6 is 0 Å². The highest BCUT2D eigenvalue weighted by Crippen LogP contribution is 2.16. The van der Waals surface area contributed by atoms with Crippen LogP contribution in [0.4, 0.5) is 11.4 Å². The van der Waals surface area contributed by atoms with E-state index in [-0.39, 0.29) is 18.1 Å². The zero-order chi connectivity index (χ0) is 16.5. The van der Waals surface area contributed by atoms with E-state index in [1.807, 2.05) is 30.3 Å². The van der Waals surface area contributed by atoms with Gasteiger partial charge in [0.15, 0.2) is 0 Å². The third-order valence-electron chi connectivity index (χ3n) is 2.95. The Morgan fingerprint density at radius 2 is 1.91 bits per heavy atom. The molecule has 0 heterocycles. The third-order valence-corrected chi connectivity index (χ3v) is 2.95. The molecular weight excluding hydrogens is 298 g/mol. The number of hydrogen-bond acceptors (Lipinski definition) is 5. The Morgan fingerprint density at radius 1 is 1.13 bits per heavy atom. The molecule has 0 unspecified atom stereocenters. The number of nitrogens with one attached hydrogen (secondary N) is 2. The van der Waals surface area contributed by atoms with Crippen LogP contribution in [0, 0.1) is 10.1 Å². The van der Waals surface area contributed by atoms with Crippen LogP contribution < -0.4 is 15.4 Å². The standard InChI is InChI=1S/C16H17N3O4/c20-16(17-9-10-23-15-7-2-1-3-8-15)12-18-13-5-4-6-14(11-13)19(21)22/h1-8,11,18H,9-10,12H2,(H,17,20). The lowest BCUT2D eigenvalue weighted by molar-refractivity contribution is -0.384. The lowest BCUT2D eigenvalue weighted by atomic mass is 10.3. The van der Waals surface area contributed by atoms with Gasteiger partial charge in [0.25, 0.3) is 5.69 Å². The number of nitro groups is 1. The van der Waals surface area contributed by atoms with Gasteiger partial charge in [0.2, 0.25) is 5.91 Å². The van der Waals surface area contributed by atoms with Crippen molar-refractivity contribution in [2.75, 3.05) is 25.0 Å². The smallest absolute Gasteiger partial charge is 0.271 e. The number of benzene rings is 2. The first-order chi connectivity index (χ1) is 11.1. The molecule has 0 atom stereocenters. The third kappa shape index (κ3) is 5.66. The Bertz CT molecular complexity index is 661. The summed E-state index contributed by atoms with van der Waals surface area (Å²) in [5.41, 5.74) is 0.501. The zero-order valence-electron chi connectivity index (χ0n) is 12.4. The van der Waals surface area contributed by atoms with Crippen molar-refractivity contribution in [2.45, 2.75) is 0 Å². The zero-order valence-corrected chi connectivity index (χ0v) is 12.4. The van der Waals surface area contributed by atoms with Gasteiger partial charge in [-0.2, -0.15) is 0 Å². The van der Waals surface area contributed by atoms with E-state index in [1.165, 1.54) is 12.1 Å². The predicted octanol–water partition coefficient (Wildman–Crippen LogP) is 2.20. The largest absolute Gasteiger partial charge is 0.492 e. The van der Waals surface area contributed by atoms with Gasteiger partial charge in [-0.25, -0.2) is 0 Å². The highest BCUT2D eigenvalue weighted by molar-refractivity contribution is 5.80. The van der Waals surface area contributed by atoms with E-state index < -0.39 is 4.92 Å². The van der Waals surface area contributed by atoms with E-state index >= 15 is 0 Å². The van der Waals surface area contributed by atoms with Crippen LogP contribution in [-0.2, 0) is 4.79 Å². The Balaban J connectivity index is 1.67. The van der Waals surface area contributed by atoms with Crippen LogP contribution in [0.2, 0.25) is 0 Å². The molecule has 0 aromatic heterocycles. The molecule has 0 fully saturated rings. The van der Waals surface area contributed by atoms with Crippen molar-refractivity contribution in [1.29, 1.82) is 0 Å². The fourth-order valence-electron chi connectivity index (χ4n) is 1.85. The van der Waals surface area contributed by atoms with Gasteiger partial charge in [0.05, 0.1) is 18.0 Å². The van der Waals surface area contributed by atoms with Crippen molar-refractivity contribution in [1.82, 2.24) is 5.32 Å². The Labute approximate surface area is 133 Å². The molecule has 23 heavy (non-hydrogen) atoms. The summed E-state index contributed by atoms with van der Waals surface area (Å²) in [5.74, 6) is 0.532. The second-order valence-corrected chi connectivity index (χ2v) is 4.67. The number of carbonyl (C=O) groups is 1. The molecule has 2 rings (SSSR count). The summed E-state index contributed by atoms with van der Waals surface area (Å²) in [6.45, 7) is 0.781. The van der Waals surface area contributed by atoms with Crippen molar-refractivity contribution in [3.05, 3.63) is 64.7 Å². The lowest BCUT2D eigenvalue weighted by Gasteiger charge is -2.09. The first-order valence-electron chi connectivity index (χ1n) is 7.08. The van der Waals surface area contributed by atoms with Gasteiger partial charge in [0.1, 0.15) is 12.4 Å². The topological polar surface area (TPSA) is 93.5 Å². The lowest BCUT2D eigenvalue weighted by Crippen LogP contribution is -2.33. The Morgan fingerprint density at radius 3 is 2.65 bits per heavy atom. The maximum Gasteiger partial charge on any atom is 0.271 e. The highest BCUT2D eigenvalue weighted by atomic mass is 16.6. The SMILES string of the molecule is O=C(CNc1cccc([N+](=O)[O-])c1)NCCOc1ccccc1. The van der Waals surface area contributed by atoms with E-state index in [4.69, 9.17) is 4.74 Å². The number of para-hydroxylation sites is 1. The maximum absolute atomic E-state index is 11.7. The minimum absolute atomic E-state index is 0.0216. The van der Waals surface area contributed by atoms with Crippen LogP contribution in [-0.4, -0.2) is 30.5 Å². The van der Waals surface area contributed by atoms with Crippen LogP contribution in [0.15, 0.2) is 54.6 Å². The number of nitrogens with zero attached hydrogens (tertiary/aromatic N) is 1. The molecule has 7 heteroatoms. The molecule has 0 radical (unpaired) electrons. The van der Waals surface area contributed by atoms with Crippen LogP contribution in [0.1, 0.15) is 0 Å². The predicted molar refractivity (Wildman–Crippen MR) is 86.5 cm³/mol. The number of nitro benzene ring substituents is 1. The van der Waals surface area contributed by atoms with Gasteiger partial charge in [-0.05, 0) is 18.2 Å². The van der Waals surface area contributed by atoms with E-state index in [9.17, 15) is 14.9 Å². The minimum Gasteiger partial charge on any atom is -0.492 e. The number of carbonyl (C=O) groups excluding carboxylic acids is 1. The minimum atomic E-state index is -0.480. The first-order valence-corrected chi connectivity index (χ1v) is 7.08. The molecule has 7 nitrogen and oxygen atoms in total. The van der Waals surface area contributed by atoms with Crippen molar-refractivity contribution >= 4 is 17.3 Å². The second-order valence-electron chi connectivity index (χ2n) is 4.67. The van der Waals surface area contributed by atoms with Gasteiger partial charge in [0, 0.05) is 17.8 Å². The van der Waals surface area contributed by atoms with Gasteiger partial charge < -0.3 is 15.4 Å². The molecule has 0 bridgehead atoms. The fourth-order valence-corrected chi connectivity index (χ4v) is 1.85. The number of hydrogen-bond donors (Lipinski definition) is 2. The average Bonchev–Trinajstić information content (AvgIpc) is 2.58. The van der Waals surface area contributed by atoms with Gasteiger partial charge >= 0.3 is 0 Å². The molecule has 2 aromatic carbocycles. The number of non-ortho nitro benzene ring substituents is 1. The summed E-state index contributed by atoms with van der Waals surface area (Å²) in [4.78, 5) is 21.9. The number of rotatable bonds is 8. The first kappa shape index (κ1) is 16.3. The summed E-state index contributed by atoms with van der Waals surface area (Å²) < 4.78 is 5.45. The van der Waals surface area contributed by atoms with Crippen LogP contribution in [0.25, 0.3) is 0 Å². The van der Waals surface area contributed by atoms with Gasteiger partial charge in [-0.3, -0.25) is 14.9 Å². The monoisotopic (exact) mass is 315 g/mol. The summed E-state index contributed by atoms with van der Waals surface area (Å²) in [7, 11) is 0. The van der Waals surface area contributed by atoms with E-state index in [1.54, 1.807) is 12.1 Å². The van der Waals surface area contributed by atoms with Crippen molar-refractivity contribution < 1.29 is 14.5 Å². The van der Waals surface area contributed by atoms with Crippen molar-refractivity contribution in [3.8, 4) is 5.75 Å². The number of amides is 1. The van der Waals surface area contributed by atoms with Gasteiger partial charge in [-0.1, -0.05) is 24.3 Å². The average molecular weight is 315 g/mol. The molecule has 1 amide bonds. The molecule has 0 aliphatic heterocycles. The molecule has 0 spiro atoms. The molecule has 120 valence electrons. The second kappa shape index (κ2) is 8.38. The summed E-state index contributed by atoms with van der Waals surface area (Å²) >= 11 is 0. The molecule has 0 saturated carbocycles. The summed E-state index contributed by atoms with van der Waals surface area (Å²) in [6.07, 6.45) is 0.